The van der Waals surface area contributed by atoms with Crippen LogP contribution < -0.4 is 14.8 Å². The first-order valence-corrected chi connectivity index (χ1v) is 10.1. The number of amides is 2. The van der Waals surface area contributed by atoms with Gasteiger partial charge in [0.1, 0.15) is 10.6 Å². The first-order chi connectivity index (χ1) is 14.2. The number of ether oxygens (including phenoxy) is 2. The van der Waals surface area contributed by atoms with Gasteiger partial charge in [-0.25, -0.2) is 27.7 Å². The number of carbonyl (C=O) groups excluding carboxylic acids is 2. The average molecular weight is 433 g/mol. The molecule has 0 fully saturated rings. The number of urea groups is 1. The Morgan fingerprint density at radius 3 is 2.50 bits per heavy atom. The van der Waals surface area contributed by atoms with E-state index in [-0.39, 0.29) is 27.8 Å². The van der Waals surface area contributed by atoms with Crippen molar-refractivity contribution in [3.63, 3.8) is 0 Å². The summed E-state index contributed by atoms with van der Waals surface area (Å²) in [6.45, 7) is 1.66. The number of aryl methyl sites for hydroxylation is 2. The van der Waals surface area contributed by atoms with Crippen LogP contribution in [-0.2, 0) is 21.8 Å². The number of para-hydroxylation sites is 1. The molecule has 3 rings (SSSR count). The van der Waals surface area contributed by atoms with Crippen LogP contribution in [0.2, 0.25) is 0 Å². The fourth-order valence-corrected chi connectivity index (χ4v) is 4.29. The zero-order chi connectivity index (χ0) is 22.1. The molecule has 0 saturated carbocycles. The highest BCUT2D eigenvalue weighted by Crippen LogP contribution is 2.30. The van der Waals surface area contributed by atoms with Crippen LogP contribution in [-0.4, -0.2) is 49.2 Å². The Balaban J connectivity index is 2.00. The second-order valence-electron chi connectivity index (χ2n) is 6.18. The summed E-state index contributed by atoms with van der Waals surface area (Å²) in [5, 5.41) is 2.50. The topological polar surface area (TPSA) is 142 Å². The molecule has 0 bridgehead atoms. The predicted octanol–water partition coefficient (Wildman–Crippen LogP) is 1.58. The number of sulfonamides is 1. The smallest absolute Gasteiger partial charge is 0.356 e. The number of rotatable bonds is 5. The van der Waals surface area contributed by atoms with Crippen LogP contribution in [0, 0.1) is 6.92 Å². The lowest BCUT2D eigenvalue weighted by atomic mass is 10.2. The third-order valence-electron chi connectivity index (χ3n) is 4.20. The van der Waals surface area contributed by atoms with Crippen molar-refractivity contribution in [3.05, 3.63) is 41.7 Å². The van der Waals surface area contributed by atoms with Gasteiger partial charge in [0.05, 0.1) is 14.2 Å². The number of esters is 1. The normalized spacial score (nSPS) is 11.2. The summed E-state index contributed by atoms with van der Waals surface area (Å²) in [7, 11) is -0.407. The zero-order valence-corrected chi connectivity index (χ0v) is 17.4. The van der Waals surface area contributed by atoms with Gasteiger partial charge in [-0.05, 0) is 13.0 Å². The van der Waals surface area contributed by atoms with Crippen molar-refractivity contribution in [2.75, 3.05) is 19.5 Å². The highest BCUT2D eigenvalue weighted by atomic mass is 32.2. The van der Waals surface area contributed by atoms with Gasteiger partial charge in [0, 0.05) is 29.7 Å². The van der Waals surface area contributed by atoms with Gasteiger partial charge in [-0.15, -0.1) is 0 Å². The molecule has 0 aliphatic carbocycles. The minimum Gasteiger partial charge on any atom is -0.481 e. The van der Waals surface area contributed by atoms with Gasteiger partial charge in [-0.2, -0.15) is 4.98 Å². The van der Waals surface area contributed by atoms with Crippen LogP contribution in [0.15, 0.2) is 35.2 Å². The molecule has 0 spiro atoms. The van der Waals surface area contributed by atoms with Crippen molar-refractivity contribution in [3.8, 4) is 5.88 Å². The van der Waals surface area contributed by atoms with Crippen molar-refractivity contribution >= 4 is 38.9 Å². The van der Waals surface area contributed by atoms with Crippen molar-refractivity contribution in [1.82, 2.24) is 19.3 Å². The Labute approximate surface area is 172 Å². The lowest BCUT2D eigenvalue weighted by Gasteiger charge is -2.10. The number of hydrogen-bond acceptors (Lipinski definition) is 8. The molecule has 2 aromatic heterocycles. The van der Waals surface area contributed by atoms with Crippen LogP contribution in [0.4, 0.5) is 10.7 Å². The molecule has 0 radical (unpaired) electrons. The molecular formula is C18H19N5O6S. The van der Waals surface area contributed by atoms with Gasteiger partial charge >= 0.3 is 12.0 Å². The summed E-state index contributed by atoms with van der Waals surface area (Å²) in [6.07, 6.45) is 0. The SMILES string of the molecule is COC(=O)c1c(S(=O)(=O)NC(=O)Nc2nc(C)cc(OC)n2)c2ccccc2n1C. The fraction of sp³-hybridized carbons (Fsp3) is 0.222. The van der Waals surface area contributed by atoms with E-state index < -0.39 is 22.0 Å². The van der Waals surface area contributed by atoms with Crippen molar-refractivity contribution < 1.29 is 27.5 Å². The van der Waals surface area contributed by atoms with Gasteiger partial charge in [0.25, 0.3) is 10.0 Å². The maximum Gasteiger partial charge on any atom is 0.356 e. The molecule has 0 atom stereocenters. The molecule has 12 heteroatoms. The minimum atomic E-state index is -4.47. The summed E-state index contributed by atoms with van der Waals surface area (Å²) < 4.78 is 39.1. The van der Waals surface area contributed by atoms with Crippen molar-refractivity contribution in [2.45, 2.75) is 11.8 Å². The third kappa shape index (κ3) is 3.89. The average Bonchev–Trinajstić information content (AvgIpc) is 3.00. The second-order valence-corrected chi connectivity index (χ2v) is 7.80. The molecule has 0 unspecified atom stereocenters. The maximum absolute atomic E-state index is 13.0. The van der Waals surface area contributed by atoms with Gasteiger partial charge in [0.2, 0.25) is 11.8 Å². The number of methoxy groups -OCH3 is 2. The molecule has 3 aromatic rings. The molecule has 2 N–H and O–H groups in total. The molecule has 158 valence electrons. The van der Waals surface area contributed by atoms with E-state index in [2.05, 4.69) is 15.3 Å². The van der Waals surface area contributed by atoms with E-state index in [9.17, 15) is 18.0 Å². The van der Waals surface area contributed by atoms with Crippen LogP contribution >= 0.6 is 0 Å². The Hall–Kier alpha value is -3.67. The molecule has 30 heavy (non-hydrogen) atoms. The Morgan fingerprint density at radius 2 is 1.83 bits per heavy atom. The van der Waals surface area contributed by atoms with Crippen molar-refractivity contribution in [1.29, 1.82) is 0 Å². The molecule has 11 nitrogen and oxygen atoms in total. The number of fused-ring (bicyclic) bond motifs is 1. The largest absolute Gasteiger partial charge is 0.481 e. The van der Waals surface area contributed by atoms with Crippen LogP contribution in [0.5, 0.6) is 5.88 Å². The maximum atomic E-state index is 13.0. The minimum absolute atomic E-state index is 0.148. The Kier molecular flexibility index (Phi) is 5.60. The molecule has 1 aromatic carbocycles. The monoisotopic (exact) mass is 433 g/mol. The van der Waals surface area contributed by atoms with Gasteiger partial charge in [-0.3, -0.25) is 5.32 Å². The van der Waals surface area contributed by atoms with E-state index in [1.54, 1.807) is 31.2 Å². The van der Waals surface area contributed by atoms with Crippen LogP contribution in [0.1, 0.15) is 16.2 Å². The first kappa shape index (κ1) is 21.0. The van der Waals surface area contributed by atoms with E-state index in [1.807, 2.05) is 4.72 Å². The molecule has 0 saturated heterocycles. The lowest BCUT2D eigenvalue weighted by Crippen LogP contribution is -2.35. The Morgan fingerprint density at radius 1 is 1.13 bits per heavy atom. The number of nitrogens with zero attached hydrogens (tertiary/aromatic N) is 3. The summed E-state index contributed by atoms with van der Waals surface area (Å²) >= 11 is 0. The molecule has 0 aliphatic heterocycles. The third-order valence-corrected chi connectivity index (χ3v) is 5.61. The summed E-state index contributed by atoms with van der Waals surface area (Å²) in [5.41, 5.74) is 0.764. The highest BCUT2D eigenvalue weighted by Gasteiger charge is 2.32. The number of nitrogens with one attached hydrogen (secondary N) is 2. The Bertz CT molecular complexity index is 1250. The van der Waals surface area contributed by atoms with Crippen molar-refractivity contribution in [2.24, 2.45) is 7.05 Å². The van der Waals surface area contributed by atoms with Gasteiger partial charge in [-0.1, -0.05) is 18.2 Å². The standard InChI is InChI=1S/C18H19N5O6S/c1-10-9-13(28-3)20-17(19-10)21-18(25)22-30(26,27)15-11-7-5-6-8-12(11)23(2)14(15)16(24)29-4/h5-9H,1-4H3,(H2,19,20,21,22,25). The zero-order valence-electron chi connectivity index (χ0n) is 16.6. The summed E-state index contributed by atoms with van der Waals surface area (Å²) in [6, 6.07) is 6.93. The highest BCUT2D eigenvalue weighted by molar-refractivity contribution is 7.90. The fourth-order valence-electron chi connectivity index (χ4n) is 2.96. The number of hydrogen-bond donors (Lipinski definition) is 2. The number of anilines is 1. The van der Waals surface area contributed by atoms with Crippen LogP contribution in [0.3, 0.4) is 0 Å². The molecular weight excluding hydrogens is 414 g/mol. The quantitative estimate of drug-likeness (QED) is 0.578. The number of benzene rings is 1. The van der Waals surface area contributed by atoms with Crippen LogP contribution in [0.25, 0.3) is 10.9 Å². The van der Waals surface area contributed by atoms with E-state index in [4.69, 9.17) is 9.47 Å². The van der Waals surface area contributed by atoms with Gasteiger partial charge < -0.3 is 14.0 Å². The second kappa shape index (κ2) is 7.99. The lowest BCUT2D eigenvalue weighted by molar-refractivity contribution is 0.0585. The molecule has 2 heterocycles. The van der Waals surface area contributed by atoms with E-state index in [0.717, 1.165) is 7.11 Å². The van der Waals surface area contributed by atoms with E-state index in [1.165, 1.54) is 24.8 Å². The van der Waals surface area contributed by atoms with E-state index >= 15 is 0 Å². The summed E-state index contributed by atoms with van der Waals surface area (Å²) in [4.78, 5) is 32.2. The molecule has 2 amide bonds. The molecule has 0 aliphatic rings. The number of aromatic nitrogens is 3. The number of carbonyl (C=O) groups is 2. The van der Waals surface area contributed by atoms with Gasteiger partial charge in [0.15, 0.2) is 0 Å². The predicted molar refractivity (Wildman–Crippen MR) is 107 cm³/mol. The van der Waals surface area contributed by atoms with E-state index in [0.29, 0.717) is 11.2 Å². The first-order valence-electron chi connectivity index (χ1n) is 8.57. The summed E-state index contributed by atoms with van der Waals surface area (Å²) in [5.74, 6) is -0.811.